The minimum Gasteiger partial charge on any atom is -0.444 e. The van der Waals surface area contributed by atoms with E-state index in [0.29, 0.717) is 13.0 Å². The zero-order valence-electron chi connectivity index (χ0n) is 20.4. The first-order chi connectivity index (χ1) is 15.2. The Morgan fingerprint density at radius 3 is 2.27 bits per heavy atom. The van der Waals surface area contributed by atoms with Crippen molar-refractivity contribution in [1.82, 2.24) is 15.5 Å². The van der Waals surface area contributed by atoms with Crippen LogP contribution in [0.4, 0.5) is 13.6 Å². The molecule has 2 fully saturated rings. The molecule has 3 N–H and O–H groups in total. The predicted octanol–water partition coefficient (Wildman–Crippen LogP) is 2.97. The Bertz CT molecular complexity index is 714. The van der Waals surface area contributed by atoms with Gasteiger partial charge in [-0.15, -0.1) is 0 Å². The van der Waals surface area contributed by atoms with Crippen LogP contribution in [0.3, 0.4) is 0 Å². The average molecular weight is 476 g/mol. The van der Waals surface area contributed by atoms with Crippen LogP contribution in [0.15, 0.2) is 0 Å². The molecule has 1 spiro atoms. The molecule has 2 rings (SSSR count). The van der Waals surface area contributed by atoms with E-state index >= 15 is 0 Å². The fraction of sp³-hybridized carbons (Fsp3) is 0.870. The number of nitrogens with zero attached hydrogens (tertiary/aromatic N) is 1. The lowest BCUT2D eigenvalue weighted by Gasteiger charge is -2.33. The fourth-order valence-corrected chi connectivity index (χ4v) is 4.79. The first-order valence-corrected chi connectivity index (χ1v) is 11.7. The average Bonchev–Trinajstić information content (AvgIpc) is 3.07. The summed E-state index contributed by atoms with van der Waals surface area (Å²) in [5.74, 6) is -4.37. The van der Waals surface area contributed by atoms with E-state index in [4.69, 9.17) is 4.74 Å². The maximum absolute atomic E-state index is 13.5. The van der Waals surface area contributed by atoms with E-state index in [9.17, 15) is 28.3 Å². The summed E-state index contributed by atoms with van der Waals surface area (Å²) in [6, 6.07) is -2.08. The van der Waals surface area contributed by atoms with Crippen molar-refractivity contribution < 1.29 is 33.0 Å². The van der Waals surface area contributed by atoms with Crippen molar-refractivity contribution in [1.29, 1.82) is 0 Å². The molecule has 0 radical (unpaired) electrons. The lowest BCUT2D eigenvalue weighted by Crippen LogP contribution is -2.55. The summed E-state index contributed by atoms with van der Waals surface area (Å²) in [7, 11) is 1.31. The van der Waals surface area contributed by atoms with Crippen LogP contribution >= 0.6 is 0 Å². The molecular weight excluding hydrogens is 436 g/mol. The number of aliphatic hydroxyl groups is 1. The minimum absolute atomic E-state index is 0.192. The maximum atomic E-state index is 13.5. The van der Waals surface area contributed by atoms with Gasteiger partial charge in [0.1, 0.15) is 11.6 Å². The third kappa shape index (κ3) is 7.79. The zero-order chi connectivity index (χ0) is 25.0. The van der Waals surface area contributed by atoms with E-state index in [1.54, 1.807) is 20.8 Å². The molecule has 0 aromatic carbocycles. The van der Waals surface area contributed by atoms with E-state index < -0.39 is 54.0 Å². The maximum Gasteiger partial charge on any atom is 0.410 e. The van der Waals surface area contributed by atoms with Crippen molar-refractivity contribution >= 4 is 17.9 Å². The molecule has 0 aromatic rings. The molecule has 10 heteroatoms. The Labute approximate surface area is 194 Å². The van der Waals surface area contributed by atoms with Crippen LogP contribution in [-0.2, 0) is 14.3 Å². The van der Waals surface area contributed by atoms with Gasteiger partial charge < -0.3 is 20.5 Å². The topological polar surface area (TPSA) is 108 Å². The monoisotopic (exact) mass is 475 g/mol. The number of likely N-dealkylation sites (N-methyl/N-ethyl adjacent to an activating group) is 1. The predicted molar refractivity (Wildman–Crippen MR) is 119 cm³/mol. The van der Waals surface area contributed by atoms with Crippen LogP contribution in [-0.4, -0.2) is 71.2 Å². The molecule has 33 heavy (non-hydrogen) atoms. The highest BCUT2D eigenvalue weighted by molar-refractivity contribution is 5.88. The summed E-state index contributed by atoms with van der Waals surface area (Å²) in [5.41, 5.74) is -0.937. The summed E-state index contributed by atoms with van der Waals surface area (Å²) in [5, 5.41) is 15.2. The van der Waals surface area contributed by atoms with Crippen LogP contribution < -0.4 is 10.6 Å². The van der Waals surface area contributed by atoms with Crippen LogP contribution in [0.2, 0.25) is 0 Å². The Morgan fingerprint density at radius 1 is 1.15 bits per heavy atom. The highest BCUT2D eigenvalue weighted by Gasteiger charge is 2.50. The van der Waals surface area contributed by atoms with Crippen LogP contribution in [0.25, 0.3) is 0 Å². The van der Waals surface area contributed by atoms with Crippen LogP contribution in [0, 0.1) is 5.41 Å². The number of carbonyl (C=O) groups is 3. The van der Waals surface area contributed by atoms with Crippen molar-refractivity contribution in [3.8, 4) is 0 Å². The molecule has 190 valence electrons. The van der Waals surface area contributed by atoms with Gasteiger partial charge in [0.25, 0.3) is 5.91 Å². The van der Waals surface area contributed by atoms with Gasteiger partial charge in [0.05, 0.1) is 6.04 Å². The van der Waals surface area contributed by atoms with E-state index in [1.165, 1.54) is 11.9 Å². The van der Waals surface area contributed by atoms with Gasteiger partial charge in [-0.1, -0.05) is 19.3 Å². The molecule has 2 aliphatic rings. The second-order valence-corrected chi connectivity index (χ2v) is 10.7. The van der Waals surface area contributed by atoms with E-state index in [-0.39, 0.29) is 11.8 Å². The number of ether oxygens (including phenoxy) is 1. The standard InChI is InChI=1S/C23H39F2N3O5/c1-21(2,3)33-20(32)28-14-23(10-7-6-8-11-23)13-16(28)18(30)27-15(9-12-22(4,24)25)17(29)19(31)26-5/h15-17,29H,6-14H2,1-5H3,(H,26,31)(H,27,30)/t15-,16-,17?/m0/s1. The third-order valence-electron chi connectivity index (χ3n) is 6.47. The number of amides is 3. The highest BCUT2D eigenvalue weighted by atomic mass is 19.3. The Hall–Kier alpha value is -1.97. The third-order valence-corrected chi connectivity index (χ3v) is 6.47. The van der Waals surface area contributed by atoms with E-state index in [2.05, 4.69) is 10.6 Å². The summed E-state index contributed by atoms with van der Waals surface area (Å²) >= 11 is 0. The normalized spacial score (nSPS) is 22.5. The first kappa shape index (κ1) is 27.3. The van der Waals surface area contributed by atoms with Gasteiger partial charge in [0.15, 0.2) is 6.10 Å². The molecule has 0 aromatic heterocycles. The molecule has 3 atom stereocenters. The van der Waals surface area contributed by atoms with Crippen molar-refractivity contribution in [2.75, 3.05) is 13.6 Å². The second kappa shape index (κ2) is 10.5. The highest BCUT2D eigenvalue weighted by Crippen LogP contribution is 2.46. The summed E-state index contributed by atoms with van der Waals surface area (Å²) in [6.07, 6.45) is 2.15. The molecule has 8 nitrogen and oxygen atoms in total. The van der Waals surface area contributed by atoms with Crippen molar-refractivity contribution in [2.45, 2.75) is 109 Å². The number of hydrogen-bond donors (Lipinski definition) is 3. The number of nitrogens with one attached hydrogen (secondary N) is 2. The molecule has 1 aliphatic carbocycles. The minimum atomic E-state index is -3.02. The molecule has 1 aliphatic heterocycles. The molecule has 1 saturated carbocycles. The van der Waals surface area contributed by atoms with Gasteiger partial charge in [-0.2, -0.15) is 0 Å². The number of rotatable bonds is 7. The number of carbonyl (C=O) groups excluding carboxylic acids is 3. The molecular formula is C23H39F2N3O5. The quantitative estimate of drug-likeness (QED) is 0.525. The first-order valence-electron chi connectivity index (χ1n) is 11.7. The van der Waals surface area contributed by atoms with Gasteiger partial charge in [-0.3, -0.25) is 14.5 Å². The summed E-state index contributed by atoms with van der Waals surface area (Å²) in [6.45, 7) is 6.36. The number of halogens is 2. The van der Waals surface area contributed by atoms with Crippen LogP contribution in [0.5, 0.6) is 0 Å². The van der Waals surface area contributed by atoms with Gasteiger partial charge in [0.2, 0.25) is 11.8 Å². The van der Waals surface area contributed by atoms with Gasteiger partial charge in [-0.05, 0) is 58.8 Å². The fourth-order valence-electron chi connectivity index (χ4n) is 4.79. The smallest absolute Gasteiger partial charge is 0.410 e. The van der Waals surface area contributed by atoms with Gasteiger partial charge in [0, 0.05) is 20.0 Å². The van der Waals surface area contributed by atoms with E-state index in [0.717, 1.165) is 39.0 Å². The molecule has 1 heterocycles. The van der Waals surface area contributed by atoms with Gasteiger partial charge in [-0.25, -0.2) is 13.6 Å². The molecule has 1 unspecified atom stereocenters. The lowest BCUT2D eigenvalue weighted by molar-refractivity contribution is -0.133. The number of hydrogen-bond acceptors (Lipinski definition) is 5. The van der Waals surface area contributed by atoms with E-state index in [1.807, 2.05) is 0 Å². The number of alkyl halides is 2. The Kier molecular flexibility index (Phi) is 8.70. The Morgan fingerprint density at radius 2 is 1.76 bits per heavy atom. The lowest BCUT2D eigenvalue weighted by atomic mass is 9.72. The number of aliphatic hydroxyl groups excluding tert-OH is 1. The Balaban J connectivity index is 2.24. The summed E-state index contributed by atoms with van der Waals surface area (Å²) in [4.78, 5) is 39.6. The SMILES string of the molecule is CNC(=O)C(O)[C@H](CCC(C)(F)F)NC(=O)[C@@H]1CC2(CCCCC2)CN1C(=O)OC(C)(C)C. The van der Waals surface area contributed by atoms with Crippen molar-refractivity contribution in [3.63, 3.8) is 0 Å². The van der Waals surface area contributed by atoms with Crippen molar-refractivity contribution in [3.05, 3.63) is 0 Å². The number of likely N-dealkylation sites (tertiary alicyclic amines) is 1. The molecule has 3 amide bonds. The summed E-state index contributed by atoms with van der Waals surface area (Å²) < 4.78 is 32.5. The molecule has 0 bridgehead atoms. The molecule has 1 saturated heterocycles. The van der Waals surface area contributed by atoms with Crippen molar-refractivity contribution in [2.24, 2.45) is 5.41 Å². The van der Waals surface area contributed by atoms with Gasteiger partial charge >= 0.3 is 6.09 Å². The zero-order valence-corrected chi connectivity index (χ0v) is 20.4. The van der Waals surface area contributed by atoms with Crippen LogP contribution in [0.1, 0.15) is 79.1 Å². The largest absolute Gasteiger partial charge is 0.444 e. The second-order valence-electron chi connectivity index (χ2n) is 10.7.